The summed E-state index contributed by atoms with van der Waals surface area (Å²) in [5.74, 6) is 2.22. The van der Waals surface area contributed by atoms with Crippen LogP contribution in [-0.2, 0) is 0 Å². The van der Waals surface area contributed by atoms with Crippen LogP contribution in [0.25, 0.3) is 11.5 Å². The largest absolute Gasteiger partial charge is 0.312 e. The summed E-state index contributed by atoms with van der Waals surface area (Å²) in [5.41, 5.74) is 0.759. The summed E-state index contributed by atoms with van der Waals surface area (Å²) in [6.07, 6.45) is 8.32. The maximum Gasteiger partial charge on any atom is 0.203 e. The lowest BCUT2D eigenvalue weighted by Crippen LogP contribution is -2.43. The highest BCUT2D eigenvalue weighted by atomic mass is 15.5. The fourth-order valence-corrected chi connectivity index (χ4v) is 2.97. The number of hydrogen-bond donors (Lipinski definition) is 2. The van der Waals surface area contributed by atoms with E-state index in [-0.39, 0.29) is 0 Å². The van der Waals surface area contributed by atoms with Crippen molar-refractivity contribution in [2.45, 2.75) is 44.1 Å². The lowest BCUT2D eigenvalue weighted by Gasteiger charge is -2.26. The summed E-state index contributed by atoms with van der Waals surface area (Å²) >= 11 is 0. The molecule has 7 heteroatoms. The standard InChI is InChI=1S/C13H19N7/c1-2-4-9(5-3-1)12-15-13(18-17-12)11-8-20(19-16-11)10-6-14-7-10/h8-10,14H,1-7H2,(H,15,17,18). The topological polar surface area (TPSA) is 84.3 Å². The summed E-state index contributed by atoms with van der Waals surface area (Å²) in [6, 6.07) is 0.424. The zero-order valence-corrected chi connectivity index (χ0v) is 11.4. The molecule has 2 aromatic rings. The number of aromatic nitrogens is 6. The van der Waals surface area contributed by atoms with E-state index < -0.39 is 0 Å². The van der Waals surface area contributed by atoms with Crippen molar-refractivity contribution < 1.29 is 0 Å². The summed E-state index contributed by atoms with van der Waals surface area (Å²) in [4.78, 5) is 4.62. The fraction of sp³-hybridized carbons (Fsp3) is 0.692. The average Bonchev–Trinajstić information content (AvgIpc) is 3.06. The summed E-state index contributed by atoms with van der Waals surface area (Å²) < 4.78 is 1.91. The van der Waals surface area contributed by atoms with Crippen LogP contribution in [0.5, 0.6) is 0 Å². The van der Waals surface area contributed by atoms with Gasteiger partial charge in [0.25, 0.3) is 0 Å². The van der Waals surface area contributed by atoms with E-state index in [0.29, 0.717) is 17.8 Å². The molecule has 0 unspecified atom stereocenters. The molecule has 0 amide bonds. The Balaban J connectivity index is 1.53. The van der Waals surface area contributed by atoms with Gasteiger partial charge in [-0.1, -0.05) is 24.5 Å². The third kappa shape index (κ3) is 2.11. The molecule has 1 aliphatic heterocycles. The normalized spacial score (nSPS) is 21.0. The molecule has 2 aromatic heterocycles. The molecular formula is C13H19N7. The molecule has 0 bridgehead atoms. The Morgan fingerprint density at radius 2 is 2.00 bits per heavy atom. The van der Waals surface area contributed by atoms with E-state index in [1.165, 1.54) is 32.1 Å². The number of hydrogen-bond acceptors (Lipinski definition) is 5. The van der Waals surface area contributed by atoms with Crippen molar-refractivity contribution in [2.24, 2.45) is 0 Å². The summed E-state index contributed by atoms with van der Waals surface area (Å²) in [7, 11) is 0. The van der Waals surface area contributed by atoms with Gasteiger partial charge in [0.05, 0.1) is 12.2 Å². The van der Waals surface area contributed by atoms with E-state index in [1.807, 2.05) is 10.9 Å². The zero-order valence-electron chi connectivity index (χ0n) is 11.4. The first-order chi connectivity index (χ1) is 9.90. The minimum absolute atomic E-state index is 0.424. The quantitative estimate of drug-likeness (QED) is 0.879. The number of nitrogens with one attached hydrogen (secondary N) is 2. The van der Waals surface area contributed by atoms with Gasteiger partial charge in [0.15, 0.2) is 5.69 Å². The van der Waals surface area contributed by atoms with Crippen LogP contribution >= 0.6 is 0 Å². The Labute approximate surface area is 117 Å². The molecular weight excluding hydrogens is 254 g/mol. The Kier molecular flexibility index (Phi) is 2.99. The molecule has 3 heterocycles. The average molecular weight is 273 g/mol. The second-order valence-electron chi connectivity index (χ2n) is 5.78. The van der Waals surface area contributed by atoms with Gasteiger partial charge < -0.3 is 5.32 Å². The third-order valence-electron chi connectivity index (χ3n) is 4.37. The smallest absolute Gasteiger partial charge is 0.203 e. The lowest BCUT2D eigenvalue weighted by atomic mass is 9.89. The zero-order chi connectivity index (χ0) is 13.4. The van der Waals surface area contributed by atoms with Crippen molar-refractivity contribution >= 4 is 0 Å². The van der Waals surface area contributed by atoms with E-state index in [2.05, 4.69) is 30.8 Å². The van der Waals surface area contributed by atoms with Crippen molar-refractivity contribution in [3.8, 4) is 11.5 Å². The molecule has 2 fully saturated rings. The first-order valence-corrected chi connectivity index (χ1v) is 7.45. The Bertz CT molecular complexity index is 577. The van der Waals surface area contributed by atoms with Crippen molar-refractivity contribution in [3.63, 3.8) is 0 Å². The van der Waals surface area contributed by atoms with Crippen LogP contribution in [-0.4, -0.2) is 43.3 Å². The maximum atomic E-state index is 4.62. The molecule has 7 nitrogen and oxygen atoms in total. The van der Waals surface area contributed by atoms with Crippen LogP contribution < -0.4 is 5.32 Å². The molecule has 1 aliphatic carbocycles. The Morgan fingerprint density at radius 1 is 1.15 bits per heavy atom. The van der Waals surface area contributed by atoms with Crippen LogP contribution in [0.4, 0.5) is 0 Å². The molecule has 2 aliphatic rings. The van der Waals surface area contributed by atoms with Crippen molar-refractivity contribution in [2.75, 3.05) is 13.1 Å². The number of rotatable bonds is 3. The lowest BCUT2D eigenvalue weighted by molar-refractivity contribution is 0.313. The van der Waals surface area contributed by atoms with Gasteiger partial charge in [-0.15, -0.1) is 5.10 Å². The maximum absolute atomic E-state index is 4.62. The molecule has 0 atom stereocenters. The van der Waals surface area contributed by atoms with Gasteiger partial charge in [0.1, 0.15) is 5.82 Å². The number of nitrogens with zero attached hydrogens (tertiary/aromatic N) is 5. The molecule has 4 rings (SSSR count). The van der Waals surface area contributed by atoms with Gasteiger partial charge in [-0.25, -0.2) is 9.67 Å². The first kappa shape index (κ1) is 12.0. The van der Waals surface area contributed by atoms with Gasteiger partial charge in [0, 0.05) is 19.0 Å². The molecule has 1 saturated carbocycles. The Morgan fingerprint density at radius 3 is 2.75 bits per heavy atom. The van der Waals surface area contributed by atoms with Gasteiger partial charge >= 0.3 is 0 Å². The fourth-order valence-electron chi connectivity index (χ4n) is 2.97. The molecule has 20 heavy (non-hydrogen) atoms. The monoisotopic (exact) mass is 273 g/mol. The van der Waals surface area contributed by atoms with Gasteiger partial charge in [-0.05, 0) is 12.8 Å². The molecule has 1 saturated heterocycles. The van der Waals surface area contributed by atoms with E-state index in [1.54, 1.807) is 0 Å². The van der Waals surface area contributed by atoms with Gasteiger partial charge in [-0.3, -0.25) is 5.10 Å². The first-order valence-electron chi connectivity index (χ1n) is 7.45. The Hall–Kier alpha value is -1.76. The molecule has 2 N–H and O–H groups in total. The highest BCUT2D eigenvalue weighted by Crippen LogP contribution is 2.31. The molecule has 0 aromatic carbocycles. The van der Waals surface area contributed by atoms with Crippen LogP contribution in [0.15, 0.2) is 6.20 Å². The van der Waals surface area contributed by atoms with Crippen LogP contribution in [0, 0.1) is 0 Å². The number of H-pyrrole nitrogens is 1. The van der Waals surface area contributed by atoms with Gasteiger partial charge in [0.2, 0.25) is 5.82 Å². The predicted octanol–water partition coefficient (Wildman–Crippen LogP) is 1.26. The van der Waals surface area contributed by atoms with Crippen molar-refractivity contribution in [1.29, 1.82) is 0 Å². The van der Waals surface area contributed by atoms with E-state index >= 15 is 0 Å². The minimum atomic E-state index is 0.424. The van der Waals surface area contributed by atoms with Gasteiger partial charge in [-0.2, -0.15) is 5.10 Å². The highest BCUT2D eigenvalue weighted by molar-refractivity contribution is 5.46. The minimum Gasteiger partial charge on any atom is -0.312 e. The third-order valence-corrected chi connectivity index (χ3v) is 4.37. The van der Waals surface area contributed by atoms with E-state index in [0.717, 1.165) is 24.6 Å². The molecule has 106 valence electrons. The molecule has 0 spiro atoms. The van der Waals surface area contributed by atoms with Crippen LogP contribution in [0.1, 0.15) is 49.9 Å². The predicted molar refractivity (Wildman–Crippen MR) is 73.1 cm³/mol. The molecule has 0 radical (unpaired) electrons. The SMILES string of the molecule is c1c(-c2n[nH]c(C3CCCCC3)n2)nnn1C1CNC1. The second-order valence-corrected chi connectivity index (χ2v) is 5.78. The van der Waals surface area contributed by atoms with E-state index in [9.17, 15) is 0 Å². The van der Waals surface area contributed by atoms with Crippen molar-refractivity contribution in [3.05, 3.63) is 12.0 Å². The van der Waals surface area contributed by atoms with E-state index in [4.69, 9.17) is 0 Å². The second kappa shape index (κ2) is 4.97. The van der Waals surface area contributed by atoms with Crippen LogP contribution in [0.3, 0.4) is 0 Å². The summed E-state index contributed by atoms with van der Waals surface area (Å²) in [5, 5.41) is 19.0. The number of aromatic amines is 1. The summed E-state index contributed by atoms with van der Waals surface area (Å²) in [6.45, 7) is 1.92. The van der Waals surface area contributed by atoms with Crippen molar-refractivity contribution in [1.82, 2.24) is 35.5 Å². The van der Waals surface area contributed by atoms with Crippen LogP contribution in [0.2, 0.25) is 0 Å². The highest BCUT2D eigenvalue weighted by Gasteiger charge is 2.23.